The number of imidazole rings is 1. The zero-order valence-electron chi connectivity index (χ0n) is 14.2. The van der Waals surface area contributed by atoms with Crippen LogP contribution in [0.3, 0.4) is 0 Å². The third kappa shape index (κ3) is 3.09. The number of pyridine rings is 1. The molecular formula is C20H21N3O2. The number of phenolic OH excluding ortho intramolecular Hbond substituents is 1. The molecule has 0 atom stereocenters. The van der Waals surface area contributed by atoms with Gasteiger partial charge in [-0.05, 0) is 73.6 Å². The lowest BCUT2D eigenvalue weighted by Gasteiger charge is -2.17. The van der Waals surface area contributed by atoms with Gasteiger partial charge in [0.2, 0.25) is 0 Å². The summed E-state index contributed by atoms with van der Waals surface area (Å²) in [6, 6.07) is 7.60. The number of rotatable bonds is 3. The van der Waals surface area contributed by atoms with Crippen molar-refractivity contribution in [1.29, 1.82) is 0 Å². The van der Waals surface area contributed by atoms with Crippen molar-refractivity contribution in [3.8, 4) is 5.75 Å². The van der Waals surface area contributed by atoms with Crippen LogP contribution in [0.4, 0.5) is 0 Å². The van der Waals surface area contributed by atoms with E-state index in [9.17, 15) is 9.90 Å². The summed E-state index contributed by atoms with van der Waals surface area (Å²) in [6.07, 6.45) is 8.10. The van der Waals surface area contributed by atoms with E-state index in [4.69, 9.17) is 0 Å². The molecule has 5 nitrogen and oxygen atoms in total. The molecule has 1 aliphatic carbocycles. The molecule has 4 rings (SSSR count). The normalized spacial score (nSPS) is 13.6. The predicted octanol–water partition coefficient (Wildman–Crippen LogP) is 3.16. The molecule has 25 heavy (non-hydrogen) atoms. The number of nitrogens with zero attached hydrogens (tertiary/aromatic N) is 2. The number of carbonyl (C=O) groups excluding carboxylic acids is 1. The van der Waals surface area contributed by atoms with Gasteiger partial charge in [0.15, 0.2) is 0 Å². The lowest BCUT2D eigenvalue weighted by Crippen LogP contribution is -2.23. The van der Waals surface area contributed by atoms with Crippen LogP contribution in [0.5, 0.6) is 5.75 Å². The monoisotopic (exact) mass is 335 g/mol. The van der Waals surface area contributed by atoms with Crippen molar-refractivity contribution in [2.75, 3.05) is 0 Å². The maximum Gasteiger partial charge on any atom is 0.255 e. The summed E-state index contributed by atoms with van der Waals surface area (Å²) < 4.78 is 1.94. The Bertz CT molecular complexity index is 959. The molecule has 1 amide bonds. The molecule has 128 valence electrons. The van der Waals surface area contributed by atoms with Gasteiger partial charge in [0, 0.05) is 12.4 Å². The first-order valence-electron chi connectivity index (χ1n) is 8.67. The van der Waals surface area contributed by atoms with Gasteiger partial charge in [0.05, 0.1) is 17.8 Å². The molecule has 0 bridgehead atoms. The first-order valence-corrected chi connectivity index (χ1v) is 8.67. The van der Waals surface area contributed by atoms with E-state index in [0.29, 0.717) is 12.1 Å². The Morgan fingerprint density at radius 1 is 1.24 bits per heavy atom. The molecule has 2 N–H and O–H groups in total. The number of aromatic nitrogens is 2. The molecule has 0 unspecified atom stereocenters. The van der Waals surface area contributed by atoms with E-state index in [1.807, 2.05) is 41.9 Å². The van der Waals surface area contributed by atoms with E-state index in [1.54, 1.807) is 6.07 Å². The van der Waals surface area contributed by atoms with Gasteiger partial charge in [0.25, 0.3) is 5.91 Å². The smallest absolute Gasteiger partial charge is 0.255 e. The molecule has 3 aromatic rings. The molecule has 5 heteroatoms. The number of aryl methyl sites for hydroxylation is 3. The van der Waals surface area contributed by atoms with Crippen LogP contribution < -0.4 is 5.32 Å². The number of hydrogen-bond donors (Lipinski definition) is 2. The molecular weight excluding hydrogens is 314 g/mol. The SMILES string of the molecule is Cc1ccn2cc(CNC(=O)c3cc4c(cc3O)CCCC4)nc2c1. The highest BCUT2D eigenvalue weighted by Gasteiger charge is 2.17. The van der Waals surface area contributed by atoms with E-state index in [2.05, 4.69) is 10.3 Å². The summed E-state index contributed by atoms with van der Waals surface area (Å²) in [6.45, 7) is 2.35. The Balaban J connectivity index is 1.51. The van der Waals surface area contributed by atoms with Gasteiger partial charge in [0.1, 0.15) is 11.4 Å². The maximum atomic E-state index is 12.5. The lowest BCUT2D eigenvalue weighted by molar-refractivity contribution is 0.0947. The molecule has 0 fully saturated rings. The van der Waals surface area contributed by atoms with E-state index in [1.165, 1.54) is 5.56 Å². The quantitative estimate of drug-likeness (QED) is 0.773. The van der Waals surface area contributed by atoms with Crippen LogP contribution >= 0.6 is 0 Å². The average molecular weight is 335 g/mol. The van der Waals surface area contributed by atoms with Crippen LogP contribution in [-0.2, 0) is 19.4 Å². The van der Waals surface area contributed by atoms with Crippen molar-refractivity contribution in [2.24, 2.45) is 0 Å². The van der Waals surface area contributed by atoms with Crippen LogP contribution in [0.2, 0.25) is 0 Å². The van der Waals surface area contributed by atoms with Gasteiger partial charge in [-0.2, -0.15) is 0 Å². The number of nitrogens with one attached hydrogen (secondary N) is 1. The minimum atomic E-state index is -0.265. The number of hydrogen-bond acceptors (Lipinski definition) is 3. The summed E-state index contributed by atoms with van der Waals surface area (Å²) in [4.78, 5) is 17.0. The minimum absolute atomic E-state index is 0.0591. The zero-order valence-corrected chi connectivity index (χ0v) is 14.2. The van der Waals surface area contributed by atoms with Crippen LogP contribution in [-0.4, -0.2) is 20.4 Å². The van der Waals surface area contributed by atoms with E-state index in [0.717, 1.165) is 48.2 Å². The van der Waals surface area contributed by atoms with Crippen LogP contribution in [0.25, 0.3) is 5.65 Å². The molecule has 0 spiro atoms. The summed E-state index contributed by atoms with van der Waals surface area (Å²) in [5.74, 6) is -0.206. The number of aromatic hydroxyl groups is 1. The molecule has 1 aliphatic rings. The standard InChI is InChI=1S/C20H21N3O2/c1-13-6-7-23-12-16(22-19(23)8-13)11-21-20(25)17-9-14-4-2-3-5-15(14)10-18(17)24/h6-10,12,24H,2-5,11H2,1H3,(H,21,25). The average Bonchev–Trinajstić information content (AvgIpc) is 3.01. The third-order valence-corrected chi connectivity index (χ3v) is 4.80. The number of phenols is 1. The molecule has 0 aliphatic heterocycles. The first kappa shape index (κ1) is 15.7. The van der Waals surface area contributed by atoms with Gasteiger partial charge < -0.3 is 14.8 Å². The topological polar surface area (TPSA) is 66.6 Å². The Morgan fingerprint density at radius 3 is 2.80 bits per heavy atom. The second-order valence-electron chi connectivity index (χ2n) is 6.73. The summed E-state index contributed by atoms with van der Waals surface area (Å²) in [5.41, 5.74) is 5.48. The third-order valence-electron chi connectivity index (χ3n) is 4.80. The molecule has 2 aromatic heterocycles. The van der Waals surface area contributed by atoms with Gasteiger partial charge in [-0.15, -0.1) is 0 Å². The summed E-state index contributed by atoms with van der Waals surface area (Å²) in [5, 5.41) is 13.1. The summed E-state index contributed by atoms with van der Waals surface area (Å²) >= 11 is 0. The fraction of sp³-hybridized carbons (Fsp3) is 0.300. The summed E-state index contributed by atoms with van der Waals surface area (Å²) in [7, 11) is 0. The fourth-order valence-corrected chi connectivity index (χ4v) is 3.44. The number of fused-ring (bicyclic) bond motifs is 2. The predicted molar refractivity (Wildman–Crippen MR) is 95.8 cm³/mol. The Morgan fingerprint density at radius 2 is 2.00 bits per heavy atom. The van der Waals surface area contributed by atoms with E-state index < -0.39 is 0 Å². The zero-order chi connectivity index (χ0) is 17.4. The Hall–Kier alpha value is -2.82. The number of benzene rings is 1. The minimum Gasteiger partial charge on any atom is -0.507 e. The molecule has 2 heterocycles. The van der Waals surface area contributed by atoms with Gasteiger partial charge in [-0.25, -0.2) is 4.98 Å². The van der Waals surface area contributed by atoms with E-state index >= 15 is 0 Å². The van der Waals surface area contributed by atoms with Gasteiger partial charge >= 0.3 is 0 Å². The van der Waals surface area contributed by atoms with Gasteiger partial charge in [-0.1, -0.05) is 0 Å². The molecule has 1 aromatic carbocycles. The Kier molecular flexibility index (Phi) is 3.92. The second kappa shape index (κ2) is 6.24. The fourth-order valence-electron chi connectivity index (χ4n) is 3.44. The molecule has 0 saturated carbocycles. The van der Waals surface area contributed by atoms with Crippen LogP contribution in [0, 0.1) is 6.92 Å². The van der Waals surface area contributed by atoms with Crippen molar-refractivity contribution < 1.29 is 9.90 Å². The molecule has 0 saturated heterocycles. The highest BCUT2D eigenvalue weighted by atomic mass is 16.3. The lowest BCUT2D eigenvalue weighted by atomic mass is 9.90. The van der Waals surface area contributed by atoms with E-state index in [-0.39, 0.29) is 11.7 Å². The molecule has 0 radical (unpaired) electrons. The highest BCUT2D eigenvalue weighted by molar-refractivity contribution is 5.97. The first-order chi connectivity index (χ1) is 12.1. The van der Waals surface area contributed by atoms with Crippen molar-refractivity contribution in [2.45, 2.75) is 39.2 Å². The second-order valence-corrected chi connectivity index (χ2v) is 6.73. The van der Waals surface area contributed by atoms with Crippen molar-refractivity contribution in [3.63, 3.8) is 0 Å². The van der Waals surface area contributed by atoms with Gasteiger partial charge in [-0.3, -0.25) is 4.79 Å². The highest BCUT2D eigenvalue weighted by Crippen LogP contribution is 2.28. The van der Waals surface area contributed by atoms with Crippen LogP contribution in [0.1, 0.15) is 45.6 Å². The van der Waals surface area contributed by atoms with Crippen LogP contribution in [0.15, 0.2) is 36.7 Å². The van der Waals surface area contributed by atoms with Crippen molar-refractivity contribution in [1.82, 2.24) is 14.7 Å². The number of amides is 1. The number of carbonyl (C=O) groups is 1. The van der Waals surface area contributed by atoms with Crippen molar-refractivity contribution in [3.05, 3.63) is 64.6 Å². The van der Waals surface area contributed by atoms with Crippen molar-refractivity contribution >= 4 is 11.6 Å². The largest absolute Gasteiger partial charge is 0.507 e. The maximum absolute atomic E-state index is 12.5. The Labute approximate surface area is 146 Å².